The number of hydrogen-bond donors (Lipinski definition) is 2. The summed E-state index contributed by atoms with van der Waals surface area (Å²) < 4.78 is 4.96. The maximum absolute atomic E-state index is 12.7. The van der Waals surface area contributed by atoms with Gasteiger partial charge in [-0.05, 0) is 24.6 Å². The summed E-state index contributed by atoms with van der Waals surface area (Å²) in [7, 11) is 0. The molecule has 2 aromatic carbocycles. The van der Waals surface area contributed by atoms with Crippen LogP contribution < -0.4 is 10.6 Å². The molecule has 0 aliphatic carbocycles. The molecule has 0 unspecified atom stereocenters. The van der Waals surface area contributed by atoms with E-state index in [4.69, 9.17) is 4.52 Å². The first-order valence-corrected chi connectivity index (χ1v) is 8.26. The summed E-state index contributed by atoms with van der Waals surface area (Å²) in [5.74, 6) is 0.247. The number of nitrogens with zero attached hydrogens (tertiary/aromatic N) is 1. The van der Waals surface area contributed by atoms with Crippen molar-refractivity contribution in [2.75, 3.05) is 5.32 Å². The van der Waals surface area contributed by atoms with Crippen LogP contribution >= 0.6 is 0 Å². The van der Waals surface area contributed by atoms with Crippen molar-refractivity contribution < 1.29 is 14.1 Å². The molecule has 0 spiro atoms. The first-order valence-electron chi connectivity index (χ1n) is 8.26. The number of benzene rings is 2. The monoisotopic (exact) mass is 349 g/mol. The van der Waals surface area contributed by atoms with Crippen LogP contribution in [0.25, 0.3) is 0 Å². The first-order chi connectivity index (χ1) is 12.6. The third-order valence-corrected chi connectivity index (χ3v) is 3.82. The number of aryl methyl sites for hydroxylation is 1. The van der Waals surface area contributed by atoms with Gasteiger partial charge in [-0.25, -0.2) is 0 Å². The molecule has 26 heavy (non-hydrogen) atoms. The largest absolute Gasteiger partial charge is 0.360 e. The fourth-order valence-electron chi connectivity index (χ4n) is 2.53. The lowest BCUT2D eigenvalue weighted by Crippen LogP contribution is -2.45. The van der Waals surface area contributed by atoms with Crippen LogP contribution in [0.2, 0.25) is 0 Å². The lowest BCUT2D eigenvalue weighted by Gasteiger charge is -2.18. The number of rotatable bonds is 6. The molecule has 6 nitrogen and oxygen atoms in total. The SMILES string of the molecule is Cc1cc(NC(=O)[C@H](Cc2ccccc2)NC(=O)c2ccccc2)no1. The summed E-state index contributed by atoms with van der Waals surface area (Å²) in [4.78, 5) is 25.2. The van der Waals surface area contributed by atoms with Crippen LogP contribution in [-0.2, 0) is 11.2 Å². The second kappa shape index (κ2) is 8.11. The van der Waals surface area contributed by atoms with E-state index in [9.17, 15) is 9.59 Å². The Morgan fingerprint density at radius 2 is 1.69 bits per heavy atom. The molecule has 0 aliphatic rings. The number of anilines is 1. The number of nitrogens with one attached hydrogen (secondary N) is 2. The normalized spacial score (nSPS) is 11.6. The third-order valence-electron chi connectivity index (χ3n) is 3.82. The van der Waals surface area contributed by atoms with Crippen LogP contribution in [-0.4, -0.2) is 23.0 Å². The van der Waals surface area contributed by atoms with Crippen LogP contribution in [0.4, 0.5) is 5.82 Å². The zero-order valence-corrected chi connectivity index (χ0v) is 14.3. The van der Waals surface area contributed by atoms with Crippen molar-refractivity contribution in [3.05, 3.63) is 83.6 Å². The van der Waals surface area contributed by atoms with Crippen molar-refractivity contribution in [1.82, 2.24) is 10.5 Å². The number of carbonyl (C=O) groups excluding carboxylic acids is 2. The van der Waals surface area contributed by atoms with Gasteiger partial charge in [-0.3, -0.25) is 9.59 Å². The highest BCUT2D eigenvalue weighted by molar-refractivity contribution is 6.00. The maximum atomic E-state index is 12.7. The molecule has 0 saturated heterocycles. The molecule has 1 heterocycles. The van der Waals surface area contributed by atoms with Gasteiger partial charge in [0.2, 0.25) is 5.91 Å². The minimum Gasteiger partial charge on any atom is -0.360 e. The molecule has 3 aromatic rings. The van der Waals surface area contributed by atoms with E-state index in [1.807, 2.05) is 36.4 Å². The predicted molar refractivity (Wildman–Crippen MR) is 97.7 cm³/mol. The van der Waals surface area contributed by atoms with Crippen molar-refractivity contribution in [1.29, 1.82) is 0 Å². The van der Waals surface area contributed by atoms with Gasteiger partial charge in [0.15, 0.2) is 5.82 Å². The summed E-state index contributed by atoms with van der Waals surface area (Å²) in [6, 6.07) is 19.2. The molecule has 0 aliphatic heterocycles. The standard InChI is InChI=1S/C20H19N3O3/c1-14-12-18(23-26-14)22-20(25)17(13-15-8-4-2-5-9-15)21-19(24)16-10-6-3-7-11-16/h2-12,17H,13H2,1H3,(H,21,24)(H,22,23,25)/t17-/m0/s1. The summed E-state index contributed by atoms with van der Waals surface area (Å²) in [5.41, 5.74) is 1.44. The predicted octanol–water partition coefficient (Wildman–Crippen LogP) is 2.96. The van der Waals surface area contributed by atoms with E-state index in [1.54, 1.807) is 37.3 Å². The highest BCUT2D eigenvalue weighted by Gasteiger charge is 2.23. The van der Waals surface area contributed by atoms with E-state index in [2.05, 4.69) is 15.8 Å². The average molecular weight is 349 g/mol. The Kier molecular flexibility index (Phi) is 5.43. The second-order valence-electron chi connectivity index (χ2n) is 5.89. The molecule has 0 radical (unpaired) electrons. The Bertz CT molecular complexity index is 876. The lowest BCUT2D eigenvalue weighted by atomic mass is 10.0. The average Bonchev–Trinajstić information content (AvgIpc) is 3.07. The molecule has 1 aromatic heterocycles. The molecule has 132 valence electrons. The van der Waals surface area contributed by atoms with E-state index >= 15 is 0 Å². The van der Waals surface area contributed by atoms with Crippen LogP contribution in [0.1, 0.15) is 21.7 Å². The van der Waals surface area contributed by atoms with Gasteiger partial charge in [-0.2, -0.15) is 0 Å². The minimum absolute atomic E-state index is 0.307. The zero-order valence-electron chi connectivity index (χ0n) is 14.3. The van der Waals surface area contributed by atoms with Gasteiger partial charge in [-0.15, -0.1) is 0 Å². The van der Waals surface area contributed by atoms with Gasteiger partial charge in [-0.1, -0.05) is 53.7 Å². The van der Waals surface area contributed by atoms with Gasteiger partial charge in [0.05, 0.1) is 0 Å². The molecule has 2 N–H and O–H groups in total. The van der Waals surface area contributed by atoms with E-state index < -0.39 is 6.04 Å². The van der Waals surface area contributed by atoms with E-state index in [-0.39, 0.29) is 11.8 Å². The molecule has 0 bridgehead atoms. The Labute approximate surface area is 151 Å². The number of carbonyl (C=O) groups is 2. The van der Waals surface area contributed by atoms with Crippen molar-refractivity contribution in [3.63, 3.8) is 0 Å². The Hall–Kier alpha value is -3.41. The summed E-state index contributed by atoms with van der Waals surface area (Å²) >= 11 is 0. The fraction of sp³-hybridized carbons (Fsp3) is 0.150. The fourth-order valence-corrected chi connectivity index (χ4v) is 2.53. The smallest absolute Gasteiger partial charge is 0.251 e. The molecule has 1 atom stereocenters. The first kappa shape index (κ1) is 17.4. The van der Waals surface area contributed by atoms with Crippen LogP contribution in [0.3, 0.4) is 0 Å². The second-order valence-corrected chi connectivity index (χ2v) is 5.89. The van der Waals surface area contributed by atoms with Crippen LogP contribution in [0.5, 0.6) is 0 Å². The van der Waals surface area contributed by atoms with E-state index in [0.29, 0.717) is 23.6 Å². The molecular weight excluding hydrogens is 330 g/mol. The van der Waals surface area contributed by atoms with E-state index in [1.165, 1.54) is 0 Å². The maximum Gasteiger partial charge on any atom is 0.251 e. The van der Waals surface area contributed by atoms with Gasteiger partial charge in [0, 0.05) is 18.1 Å². The highest BCUT2D eigenvalue weighted by atomic mass is 16.5. The molecule has 3 rings (SSSR count). The Morgan fingerprint density at radius 3 is 2.31 bits per heavy atom. The number of aromatic nitrogens is 1. The van der Waals surface area contributed by atoms with Gasteiger partial charge < -0.3 is 15.2 Å². The minimum atomic E-state index is -0.748. The number of amides is 2. The summed E-state index contributed by atoms with van der Waals surface area (Å²) in [6.07, 6.45) is 0.363. The van der Waals surface area contributed by atoms with Crippen molar-refractivity contribution in [3.8, 4) is 0 Å². The number of hydrogen-bond acceptors (Lipinski definition) is 4. The van der Waals surface area contributed by atoms with Gasteiger partial charge in [0.25, 0.3) is 5.91 Å². The molecule has 2 amide bonds. The third kappa shape index (κ3) is 4.57. The molecule has 6 heteroatoms. The quantitative estimate of drug-likeness (QED) is 0.716. The summed E-state index contributed by atoms with van der Waals surface area (Å²) in [6.45, 7) is 1.74. The molecular formula is C20H19N3O3. The van der Waals surface area contributed by atoms with Crippen LogP contribution in [0, 0.1) is 6.92 Å². The van der Waals surface area contributed by atoms with E-state index in [0.717, 1.165) is 5.56 Å². The van der Waals surface area contributed by atoms with Crippen molar-refractivity contribution in [2.45, 2.75) is 19.4 Å². The zero-order chi connectivity index (χ0) is 18.4. The van der Waals surface area contributed by atoms with Crippen LogP contribution in [0.15, 0.2) is 71.3 Å². The molecule has 0 saturated carbocycles. The Balaban J connectivity index is 1.76. The topological polar surface area (TPSA) is 84.2 Å². The van der Waals surface area contributed by atoms with Gasteiger partial charge in [0.1, 0.15) is 11.8 Å². The van der Waals surface area contributed by atoms with Crippen molar-refractivity contribution >= 4 is 17.6 Å². The Morgan fingerprint density at radius 1 is 1.04 bits per heavy atom. The lowest BCUT2D eigenvalue weighted by molar-refractivity contribution is -0.118. The molecule has 0 fully saturated rings. The summed E-state index contributed by atoms with van der Waals surface area (Å²) in [5, 5.41) is 9.24. The highest BCUT2D eigenvalue weighted by Crippen LogP contribution is 2.10. The van der Waals surface area contributed by atoms with Gasteiger partial charge >= 0.3 is 0 Å². The van der Waals surface area contributed by atoms with Crippen molar-refractivity contribution in [2.24, 2.45) is 0 Å².